The average molecular weight is 272 g/mol. The van der Waals surface area contributed by atoms with E-state index < -0.39 is 11.9 Å². The van der Waals surface area contributed by atoms with E-state index in [4.69, 9.17) is 11.5 Å². The molecule has 0 aliphatic heterocycles. The number of nitrogens with two attached hydrogens (primary N) is 2. The van der Waals surface area contributed by atoms with Crippen molar-refractivity contribution in [3.63, 3.8) is 0 Å². The average Bonchev–Trinajstić information content (AvgIpc) is 2.33. The third kappa shape index (κ3) is 8.56. The van der Waals surface area contributed by atoms with Crippen molar-refractivity contribution in [2.24, 2.45) is 11.5 Å². The summed E-state index contributed by atoms with van der Waals surface area (Å²) in [5.74, 6) is -0.869. The second kappa shape index (κ2) is 9.75. The molecular formula is C13H28N4O2. The van der Waals surface area contributed by atoms with E-state index in [0.717, 1.165) is 32.5 Å². The summed E-state index contributed by atoms with van der Waals surface area (Å²) in [4.78, 5) is 24.7. The van der Waals surface area contributed by atoms with Gasteiger partial charge < -0.3 is 21.7 Å². The number of rotatable bonds is 10. The Labute approximate surface area is 115 Å². The number of nitrogens with one attached hydrogen (secondary N) is 1. The first-order chi connectivity index (χ1) is 8.90. The zero-order valence-electron chi connectivity index (χ0n) is 12.3. The molecule has 0 bridgehead atoms. The van der Waals surface area contributed by atoms with Crippen LogP contribution in [0.3, 0.4) is 0 Å². The Kier molecular flexibility index (Phi) is 9.16. The first-order valence-corrected chi connectivity index (χ1v) is 6.97. The molecule has 2 atom stereocenters. The zero-order chi connectivity index (χ0) is 14.8. The molecule has 0 aromatic carbocycles. The second-order valence-corrected chi connectivity index (χ2v) is 4.86. The van der Waals surface area contributed by atoms with Gasteiger partial charge in [0, 0.05) is 6.04 Å². The Morgan fingerprint density at radius 3 is 2.32 bits per heavy atom. The summed E-state index contributed by atoms with van der Waals surface area (Å²) >= 11 is 0. The number of hydrogen-bond donors (Lipinski definition) is 3. The number of amides is 2. The molecule has 0 radical (unpaired) electrons. The van der Waals surface area contributed by atoms with Crippen LogP contribution in [0.4, 0.5) is 0 Å². The van der Waals surface area contributed by atoms with Crippen molar-refractivity contribution in [1.29, 1.82) is 0 Å². The summed E-state index contributed by atoms with van der Waals surface area (Å²) in [5.41, 5.74) is 10.6. The highest BCUT2D eigenvalue weighted by atomic mass is 16.2. The molecule has 19 heavy (non-hydrogen) atoms. The van der Waals surface area contributed by atoms with Crippen molar-refractivity contribution < 1.29 is 9.59 Å². The lowest BCUT2D eigenvalue weighted by Crippen LogP contribution is -2.46. The largest absolute Gasteiger partial charge is 0.370 e. The minimum Gasteiger partial charge on any atom is -0.370 e. The predicted molar refractivity (Wildman–Crippen MR) is 76.4 cm³/mol. The van der Waals surface area contributed by atoms with Gasteiger partial charge in [0.1, 0.15) is 0 Å². The lowest BCUT2D eigenvalue weighted by atomic mass is 10.1. The molecule has 0 saturated heterocycles. The number of carbonyl (C=O) groups is 2. The van der Waals surface area contributed by atoms with Crippen LogP contribution in [-0.2, 0) is 9.59 Å². The Morgan fingerprint density at radius 1 is 1.26 bits per heavy atom. The third-order valence-corrected chi connectivity index (χ3v) is 3.15. The van der Waals surface area contributed by atoms with Gasteiger partial charge in [0.25, 0.3) is 0 Å². The number of carbonyl (C=O) groups excluding carboxylic acids is 2. The topological polar surface area (TPSA) is 101 Å². The molecule has 0 fully saturated rings. The number of nitrogens with zero attached hydrogens (tertiary/aromatic N) is 1. The van der Waals surface area contributed by atoms with Gasteiger partial charge in [-0.25, -0.2) is 0 Å². The van der Waals surface area contributed by atoms with Gasteiger partial charge in [-0.15, -0.1) is 0 Å². The van der Waals surface area contributed by atoms with Crippen molar-refractivity contribution >= 4 is 11.8 Å². The van der Waals surface area contributed by atoms with Crippen molar-refractivity contribution in [3.8, 4) is 0 Å². The van der Waals surface area contributed by atoms with Crippen LogP contribution in [0.25, 0.3) is 0 Å². The summed E-state index contributed by atoms with van der Waals surface area (Å²) in [6.45, 7) is 9.33. The standard InChI is InChI=1S/C13H28N4O2/c1-4-17(5-2)8-6-7-10(3)16-13(19)11(14)9-12(15)18/h10-11H,4-9,14H2,1-3H3,(H2,15,18)(H,16,19). The van der Waals surface area contributed by atoms with Crippen molar-refractivity contribution in [2.75, 3.05) is 19.6 Å². The van der Waals surface area contributed by atoms with Crippen molar-refractivity contribution in [1.82, 2.24) is 10.2 Å². The highest BCUT2D eigenvalue weighted by molar-refractivity contribution is 5.87. The Morgan fingerprint density at radius 2 is 1.84 bits per heavy atom. The van der Waals surface area contributed by atoms with Crippen LogP contribution < -0.4 is 16.8 Å². The van der Waals surface area contributed by atoms with Gasteiger partial charge in [-0.1, -0.05) is 13.8 Å². The van der Waals surface area contributed by atoms with Gasteiger partial charge in [-0.2, -0.15) is 0 Å². The first kappa shape index (κ1) is 17.9. The van der Waals surface area contributed by atoms with Gasteiger partial charge in [0.2, 0.25) is 11.8 Å². The summed E-state index contributed by atoms with van der Waals surface area (Å²) in [5, 5.41) is 2.80. The van der Waals surface area contributed by atoms with E-state index >= 15 is 0 Å². The van der Waals surface area contributed by atoms with Crippen LogP contribution in [-0.4, -0.2) is 48.4 Å². The molecule has 6 heteroatoms. The molecule has 0 aromatic heterocycles. The summed E-state index contributed by atoms with van der Waals surface area (Å²) in [7, 11) is 0. The summed E-state index contributed by atoms with van der Waals surface area (Å²) in [6.07, 6.45) is 1.80. The van der Waals surface area contributed by atoms with Crippen molar-refractivity contribution in [2.45, 2.75) is 52.1 Å². The molecule has 0 saturated carbocycles. The molecule has 0 heterocycles. The van der Waals surface area contributed by atoms with E-state index in [1.807, 2.05) is 6.92 Å². The first-order valence-electron chi connectivity index (χ1n) is 6.97. The SMILES string of the molecule is CCN(CC)CCCC(C)NC(=O)C(N)CC(N)=O. The smallest absolute Gasteiger partial charge is 0.237 e. The molecule has 0 aromatic rings. The van der Waals surface area contributed by atoms with Gasteiger partial charge >= 0.3 is 0 Å². The maximum Gasteiger partial charge on any atom is 0.237 e. The molecule has 0 rings (SSSR count). The van der Waals surface area contributed by atoms with Crippen LogP contribution >= 0.6 is 0 Å². The van der Waals surface area contributed by atoms with Gasteiger partial charge in [0.15, 0.2) is 0 Å². The molecule has 0 spiro atoms. The number of primary amides is 1. The molecule has 6 nitrogen and oxygen atoms in total. The van der Waals surface area contributed by atoms with Gasteiger partial charge in [-0.3, -0.25) is 9.59 Å². The molecule has 2 unspecified atom stereocenters. The highest BCUT2D eigenvalue weighted by Crippen LogP contribution is 2.00. The van der Waals surface area contributed by atoms with E-state index in [1.165, 1.54) is 0 Å². The fourth-order valence-electron chi connectivity index (χ4n) is 1.89. The molecule has 2 amide bonds. The maximum atomic E-state index is 11.6. The Hall–Kier alpha value is -1.14. The molecule has 112 valence electrons. The summed E-state index contributed by atoms with van der Waals surface area (Å²) in [6, 6.07) is -0.787. The predicted octanol–water partition coefficient (Wildman–Crippen LogP) is -0.184. The molecule has 0 aliphatic rings. The molecule has 5 N–H and O–H groups in total. The van der Waals surface area contributed by atoms with E-state index in [0.29, 0.717) is 0 Å². The summed E-state index contributed by atoms with van der Waals surface area (Å²) < 4.78 is 0. The minimum absolute atomic E-state index is 0.0574. The molecule has 0 aliphatic carbocycles. The van der Waals surface area contributed by atoms with Crippen LogP contribution in [0.1, 0.15) is 40.0 Å². The Balaban J connectivity index is 3.87. The normalized spacial score (nSPS) is 14.2. The third-order valence-electron chi connectivity index (χ3n) is 3.15. The number of hydrogen-bond acceptors (Lipinski definition) is 4. The van der Waals surface area contributed by atoms with E-state index in [9.17, 15) is 9.59 Å². The minimum atomic E-state index is -0.845. The Bertz CT molecular complexity index is 280. The fourth-order valence-corrected chi connectivity index (χ4v) is 1.89. The quantitative estimate of drug-likeness (QED) is 0.513. The van der Waals surface area contributed by atoms with E-state index in [2.05, 4.69) is 24.1 Å². The maximum absolute atomic E-state index is 11.6. The lowest BCUT2D eigenvalue weighted by Gasteiger charge is -2.20. The van der Waals surface area contributed by atoms with Gasteiger partial charge in [0.05, 0.1) is 12.5 Å². The zero-order valence-corrected chi connectivity index (χ0v) is 12.3. The van der Waals surface area contributed by atoms with Gasteiger partial charge in [-0.05, 0) is 39.4 Å². The molecular weight excluding hydrogens is 244 g/mol. The van der Waals surface area contributed by atoms with Crippen LogP contribution in [0.5, 0.6) is 0 Å². The van der Waals surface area contributed by atoms with Crippen LogP contribution in [0, 0.1) is 0 Å². The van der Waals surface area contributed by atoms with Crippen LogP contribution in [0.2, 0.25) is 0 Å². The lowest BCUT2D eigenvalue weighted by molar-refractivity contribution is -0.126. The van der Waals surface area contributed by atoms with Crippen LogP contribution in [0.15, 0.2) is 0 Å². The second-order valence-electron chi connectivity index (χ2n) is 4.86. The van der Waals surface area contributed by atoms with E-state index in [1.54, 1.807) is 0 Å². The van der Waals surface area contributed by atoms with E-state index in [-0.39, 0.29) is 18.4 Å². The fraction of sp³-hybridized carbons (Fsp3) is 0.846. The highest BCUT2D eigenvalue weighted by Gasteiger charge is 2.17. The van der Waals surface area contributed by atoms with Crippen molar-refractivity contribution in [3.05, 3.63) is 0 Å². The monoisotopic (exact) mass is 272 g/mol.